The third kappa shape index (κ3) is 1.35. The standard InChI is InChI=1S/C10H11N5O/c11-10-13-9(14-15-10)6-2-1-3-7-8(6)16-5-4-12-7/h1-3,12H,4-5H2,(H3,11,13,14,15). The minimum absolute atomic E-state index is 0.233. The molecule has 0 atom stereocenters. The zero-order chi connectivity index (χ0) is 11.0. The zero-order valence-electron chi connectivity index (χ0n) is 8.53. The molecule has 0 radical (unpaired) electrons. The highest BCUT2D eigenvalue weighted by Gasteiger charge is 2.16. The van der Waals surface area contributed by atoms with Gasteiger partial charge in [-0.25, -0.2) is 0 Å². The molecule has 0 amide bonds. The van der Waals surface area contributed by atoms with E-state index in [0.29, 0.717) is 12.4 Å². The molecule has 82 valence electrons. The largest absolute Gasteiger partial charge is 0.489 e. The SMILES string of the molecule is Nc1n[nH]c(-c2cccc3c2OCCN3)n1. The van der Waals surface area contributed by atoms with E-state index in [2.05, 4.69) is 20.5 Å². The first-order valence-electron chi connectivity index (χ1n) is 5.02. The monoisotopic (exact) mass is 217 g/mol. The summed E-state index contributed by atoms with van der Waals surface area (Å²) >= 11 is 0. The number of rotatable bonds is 1. The van der Waals surface area contributed by atoms with Gasteiger partial charge in [-0.3, -0.25) is 5.10 Å². The molecule has 0 aliphatic carbocycles. The Hall–Kier alpha value is -2.24. The van der Waals surface area contributed by atoms with Gasteiger partial charge in [0.25, 0.3) is 0 Å². The maximum absolute atomic E-state index is 5.63. The van der Waals surface area contributed by atoms with Crippen LogP contribution in [0, 0.1) is 0 Å². The van der Waals surface area contributed by atoms with Gasteiger partial charge in [-0.1, -0.05) is 6.07 Å². The molecular formula is C10H11N5O. The molecule has 2 heterocycles. The van der Waals surface area contributed by atoms with Gasteiger partial charge in [-0.15, -0.1) is 5.10 Å². The van der Waals surface area contributed by atoms with E-state index in [4.69, 9.17) is 10.5 Å². The molecule has 3 rings (SSSR count). The van der Waals surface area contributed by atoms with Gasteiger partial charge in [0.1, 0.15) is 6.61 Å². The van der Waals surface area contributed by atoms with E-state index in [1.54, 1.807) is 0 Å². The van der Waals surface area contributed by atoms with Gasteiger partial charge in [0, 0.05) is 6.54 Å². The first kappa shape index (κ1) is 9.02. The molecule has 0 spiro atoms. The molecule has 1 aliphatic heterocycles. The second-order valence-corrected chi connectivity index (χ2v) is 3.50. The molecule has 0 bridgehead atoms. The first-order chi connectivity index (χ1) is 7.84. The Morgan fingerprint density at radius 3 is 3.12 bits per heavy atom. The summed E-state index contributed by atoms with van der Waals surface area (Å²) in [7, 11) is 0. The predicted molar refractivity (Wildman–Crippen MR) is 60.2 cm³/mol. The summed E-state index contributed by atoms with van der Waals surface area (Å²) < 4.78 is 5.63. The van der Waals surface area contributed by atoms with Gasteiger partial charge >= 0.3 is 0 Å². The number of nitrogen functional groups attached to an aromatic ring is 1. The lowest BCUT2D eigenvalue weighted by Crippen LogP contribution is -2.18. The molecule has 2 aromatic rings. The number of aromatic nitrogens is 3. The number of hydrogen-bond acceptors (Lipinski definition) is 5. The van der Waals surface area contributed by atoms with E-state index < -0.39 is 0 Å². The number of ether oxygens (including phenoxy) is 1. The Morgan fingerprint density at radius 2 is 2.31 bits per heavy atom. The number of nitrogens with one attached hydrogen (secondary N) is 2. The van der Waals surface area contributed by atoms with Gasteiger partial charge < -0.3 is 15.8 Å². The zero-order valence-corrected chi connectivity index (χ0v) is 8.53. The van der Waals surface area contributed by atoms with E-state index in [9.17, 15) is 0 Å². The lowest BCUT2D eigenvalue weighted by atomic mass is 10.1. The topological polar surface area (TPSA) is 88.8 Å². The van der Waals surface area contributed by atoms with Crippen molar-refractivity contribution in [2.24, 2.45) is 0 Å². The molecule has 0 saturated carbocycles. The number of hydrogen-bond donors (Lipinski definition) is 3. The lowest BCUT2D eigenvalue weighted by Gasteiger charge is -2.20. The summed E-state index contributed by atoms with van der Waals surface area (Å²) in [4.78, 5) is 4.09. The number of aromatic amines is 1. The Balaban J connectivity index is 2.13. The molecule has 1 aromatic carbocycles. The summed E-state index contributed by atoms with van der Waals surface area (Å²) in [6, 6.07) is 5.83. The van der Waals surface area contributed by atoms with Crippen molar-refractivity contribution in [3.05, 3.63) is 18.2 Å². The molecular weight excluding hydrogens is 206 g/mol. The molecule has 6 nitrogen and oxygen atoms in total. The van der Waals surface area contributed by atoms with Crippen LogP contribution in [0.25, 0.3) is 11.4 Å². The van der Waals surface area contributed by atoms with E-state index in [0.717, 1.165) is 23.5 Å². The van der Waals surface area contributed by atoms with Crippen molar-refractivity contribution in [2.75, 3.05) is 24.2 Å². The molecule has 0 saturated heterocycles. The molecule has 16 heavy (non-hydrogen) atoms. The normalized spacial score (nSPS) is 13.8. The smallest absolute Gasteiger partial charge is 0.239 e. The Morgan fingerprint density at radius 1 is 1.38 bits per heavy atom. The fraction of sp³-hybridized carbons (Fsp3) is 0.200. The fourth-order valence-electron chi connectivity index (χ4n) is 1.75. The molecule has 4 N–H and O–H groups in total. The van der Waals surface area contributed by atoms with Crippen LogP contribution >= 0.6 is 0 Å². The summed E-state index contributed by atoms with van der Waals surface area (Å²) in [5, 5.41) is 9.85. The molecule has 1 aliphatic rings. The van der Waals surface area contributed by atoms with Crippen molar-refractivity contribution in [2.45, 2.75) is 0 Å². The highest BCUT2D eigenvalue weighted by molar-refractivity contribution is 5.75. The number of para-hydroxylation sites is 1. The molecule has 6 heteroatoms. The Labute approximate surface area is 91.8 Å². The van der Waals surface area contributed by atoms with E-state index in [1.807, 2.05) is 18.2 Å². The minimum Gasteiger partial charge on any atom is -0.489 e. The van der Waals surface area contributed by atoms with Crippen LogP contribution in [0.5, 0.6) is 5.75 Å². The van der Waals surface area contributed by atoms with E-state index in [1.165, 1.54) is 0 Å². The summed E-state index contributed by atoms with van der Waals surface area (Å²) in [5.74, 6) is 1.65. The second-order valence-electron chi connectivity index (χ2n) is 3.50. The number of fused-ring (bicyclic) bond motifs is 1. The van der Waals surface area contributed by atoms with Crippen molar-refractivity contribution in [3.8, 4) is 17.1 Å². The Kier molecular flexibility index (Phi) is 1.92. The second kappa shape index (κ2) is 3.41. The number of nitrogens with zero attached hydrogens (tertiary/aromatic N) is 2. The number of nitrogens with two attached hydrogens (primary N) is 1. The molecule has 1 aromatic heterocycles. The average molecular weight is 217 g/mol. The average Bonchev–Trinajstić information content (AvgIpc) is 2.75. The van der Waals surface area contributed by atoms with Crippen molar-refractivity contribution in [3.63, 3.8) is 0 Å². The van der Waals surface area contributed by atoms with E-state index >= 15 is 0 Å². The van der Waals surface area contributed by atoms with Gasteiger partial charge in [-0.2, -0.15) is 4.98 Å². The van der Waals surface area contributed by atoms with Crippen LogP contribution in [0.15, 0.2) is 18.2 Å². The molecule has 0 unspecified atom stereocenters. The summed E-state index contributed by atoms with van der Waals surface area (Å²) in [6.07, 6.45) is 0. The maximum Gasteiger partial charge on any atom is 0.239 e. The van der Waals surface area contributed by atoms with Crippen LogP contribution in [0.3, 0.4) is 0 Å². The summed E-state index contributed by atoms with van der Waals surface area (Å²) in [5.41, 5.74) is 7.32. The highest BCUT2D eigenvalue weighted by atomic mass is 16.5. The Bertz CT molecular complexity index is 522. The quantitative estimate of drug-likeness (QED) is 0.659. The van der Waals surface area contributed by atoms with Crippen molar-refractivity contribution < 1.29 is 4.74 Å². The van der Waals surface area contributed by atoms with Gasteiger partial charge in [-0.05, 0) is 12.1 Å². The van der Waals surface area contributed by atoms with Crippen LogP contribution in [-0.4, -0.2) is 28.3 Å². The summed E-state index contributed by atoms with van der Waals surface area (Å²) in [6.45, 7) is 1.46. The fourth-order valence-corrected chi connectivity index (χ4v) is 1.75. The minimum atomic E-state index is 0.233. The van der Waals surface area contributed by atoms with Crippen LogP contribution in [-0.2, 0) is 0 Å². The van der Waals surface area contributed by atoms with E-state index in [-0.39, 0.29) is 5.95 Å². The highest BCUT2D eigenvalue weighted by Crippen LogP contribution is 2.36. The van der Waals surface area contributed by atoms with Crippen molar-refractivity contribution in [1.29, 1.82) is 0 Å². The number of anilines is 2. The third-order valence-corrected chi connectivity index (χ3v) is 2.44. The van der Waals surface area contributed by atoms with Crippen LogP contribution < -0.4 is 15.8 Å². The third-order valence-electron chi connectivity index (χ3n) is 2.44. The molecule has 0 fully saturated rings. The van der Waals surface area contributed by atoms with Crippen molar-refractivity contribution >= 4 is 11.6 Å². The van der Waals surface area contributed by atoms with Gasteiger partial charge in [0.05, 0.1) is 11.3 Å². The van der Waals surface area contributed by atoms with Crippen LogP contribution in [0.4, 0.5) is 11.6 Å². The van der Waals surface area contributed by atoms with Crippen LogP contribution in [0.2, 0.25) is 0 Å². The van der Waals surface area contributed by atoms with Gasteiger partial charge in [0.15, 0.2) is 11.6 Å². The maximum atomic E-state index is 5.63. The first-order valence-corrected chi connectivity index (χ1v) is 5.02. The lowest BCUT2D eigenvalue weighted by molar-refractivity contribution is 0.324. The predicted octanol–water partition coefficient (Wildman–Crippen LogP) is 0.858. The number of H-pyrrole nitrogens is 1. The van der Waals surface area contributed by atoms with Gasteiger partial charge in [0.2, 0.25) is 5.95 Å². The van der Waals surface area contributed by atoms with Crippen LogP contribution in [0.1, 0.15) is 0 Å². The number of benzene rings is 1. The van der Waals surface area contributed by atoms with Crippen molar-refractivity contribution in [1.82, 2.24) is 15.2 Å².